The molecule has 1 aliphatic heterocycles. The quantitative estimate of drug-likeness (QED) is 0.735. The summed E-state index contributed by atoms with van der Waals surface area (Å²) in [5, 5.41) is 4.23. The minimum atomic E-state index is -0.0101. The van der Waals surface area contributed by atoms with Crippen LogP contribution in [0, 0.1) is 0 Å². The van der Waals surface area contributed by atoms with Crippen molar-refractivity contribution < 1.29 is 9.21 Å². The van der Waals surface area contributed by atoms with Crippen LogP contribution in [-0.4, -0.2) is 41.9 Å². The molecule has 2 aromatic heterocycles. The van der Waals surface area contributed by atoms with Crippen molar-refractivity contribution in [3.05, 3.63) is 59.4 Å². The van der Waals surface area contributed by atoms with Crippen LogP contribution in [0.5, 0.6) is 0 Å². The predicted octanol–water partition coefficient (Wildman–Crippen LogP) is 4.01. The van der Waals surface area contributed by atoms with Gasteiger partial charge in [0.05, 0.1) is 17.2 Å². The van der Waals surface area contributed by atoms with Crippen LogP contribution in [0.1, 0.15) is 21.5 Å². The van der Waals surface area contributed by atoms with Gasteiger partial charge >= 0.3 is 0 Å². The Balaban J connectivity index is 1.47. The monoisotopic (exact) mass is 372 g/mol. The van der Waals surface area contributed by atoms with Crippen molar-refractivity contribution in [3.8, 4) is 0 Å². The van der Waals surface area contributed by atoms with Crippen LogP contribution in [-0.2, 0) is 0 Å². The van der Waals surface area contributed by atoms with Crippen LogP contribution >= 0.6 is 23.1 Å². The van der Waals surface area contributed by atoms with Gasteiger partial charge in [-0.05, 0) is 29.7 Å². The third-order valence-electron chi connectivity index (χ3n) is 4.46. The van der Waals surface area contributed by atoms with Crippen molar-refractivity contribution in [2.75, 3.05) is 31.1 Å². The average Bonchev–Trinajstić information content (AvgIpc) is 3.32. The molecule has 1 saturated heterocycles. The smallest absolute Gasteiger partial charge is 0.261 e. The summed E-state index contributed by atoms with van der Waals surface area (Å²) in [7, 11) is 0. The summed E-state index contributed by atoms with van der Waals surface area (Å²) in [6.07, 6.45) is 1.70. The maximum Gasteiger partial charge on any atom is 0.261 e. The van der Waals surface area contributed by atoms with Crippen molar-refractivity contribution in [1.29, 1.82) is 0 Å². The summed E-state index contributed by atoms with van der Waals surface area (Å²) in [6.45, 7) is 2.61. The predicted molar refractivity (Wildman–Crippen MR) is 105 cm³/mol. The Hall–Kier alpha value is -1.76. The zero-order valence-corrected chi connectivity index (χ0v) is 15.4. The fourth-order valence-corrected chi connectivity index (χ4v) is 5.06. The lowest BCUT2D eigenvalue weighted by Gasteiger charge is -2.33. The topological polar surface area (TPSA) is 45.5 Å². The molecule has 0 radical (unpaired) electrons. The fraction of sp³-hybridized carbons (Fsp3) is 0.316. The number of nitrogens with one attached hydrogen (secondary N) is 1. The molecule has 4 nitrogen and oxygen atoms in total. The first-order valence-corrected chi connectivity index (χ1v) is 10.4. The minimum Gasteiger partial charge on any atom is -0.468 e. The van der Waals surface area contributed by atoms with E-state index in [4.69, 9.17) is 4.42 Å². The van der Waals surface area contributed by atoms with Gasteiger partial charge in [0.2, 0.25) is 0 Å². The van der Waals surface area contributed by atoms with Crippen LogP contribution < -0.4 is 5.32 Å². The molecule has 1 N–H and O–H groups in total. The molecule has 3 aromatic rings. The molecule has 130 valence electrons. The number of rotatable bonds is 5. The Bertz CT molecular complexity index is 805. The van der Waals surface area contributed by atoms with Gasteiger partial charge in [0.1, 0.15) is 5.76 Å². The van der Waals surface area contributed by atoms with Crippen LogP contribution in [0.3, 0.4) is 0 Å². The molecular formula is C19H20N2O2S2. The summed E-state index contributed by atoms with van der Waals surface area (Å²) in [5.41, 5.74) is 0. The molecule has 0 spiro atoms. The van der Waals surface area contributed by atoms with E-state index < -0.39 is 0 Å². The number of carbonyl (C=O) groups is 1. The average molecular weight is 373 g/mol. The second-order valence-electron chi connectivity index (χ2n) is 6.04. The van der Waals surface area contributed by atoms with Crippen molar-refractivity contribution >= 4 is 39.1 Å². The molecule has 1 amide bonds. The van der Waals surface area contributed by atoms with Crippen molar-refractivity contribution in [2.24, 2.45) is 0 Å². The van der Waals surface area contributed by atoms with Crippen molar-refractivity contribution in [1.82, 2.24) is 10.2 Å². The fourth-order valence-electron chi connectivity index (χ4n) is 3.15. The molecule has 1 aromatic carbocycles. The maximum atomic E-state index is 12.6. The van der Waals surface area contributed by atoms with E-state index in [-0.39, 0.29) is 11.9 Å². The Morgan fingerprint density at radius 2 is 2.04 bits per heavy atom. The lowest BCUT2D eigenvalue weighted by molar-refractivity contribution is 0.0934. The molecule has 1 aliphatic rings. The standard InChI is InChI=1S/C19H20N2O2S2/c22-19(18-12-14-4-1-2-6-17(14)25-18)20-13-15(16-5-3-9-23-16)21-7-10-24-11-8-21/h1-6,9,12,15H,7-8,10-11,13H2,(H,20,22). The van der Waals surface area contributed by atoms with E-state index in [9.17, 15) is 4.79 Å². The van der Waals surface area contributed by atoms with E-state index in [1.807, 2.05) is 54.2 Å². The number of hydrogen-bond donors (Lipinski definition) is 1. The highest BCUT2D eigenvalue weighted by molar-refractivity contribution is 7.99. The summed E-state index contributed by atoms with van der Waals surface area (Å²) in [6, 6.07) is 14.1. The lowest BCUT2D eigenvalue weighted by atomic mass is 10.1. The van der Waals surface area contributed by atoms with Gasteiger partial charge in [0, 0.05) is 35.8 Å². The summed E-state index contributed by atoms with van der Waals surface area (Å²) in [4.78, 5) is 15.8. The van der Waals surface area contributed by atoms with Gasteiger partial charge in [-0.2, -0.15) is 11.8 Å². The highest BCUT2D eigenvalue weighted by Crippen LogP contribution is 2.26. The highest BCUT2D eigenvalue weighted by Gasteiger charge is 2.25. The maximum absolute atomic E-state index is 12.6. The van der Waals surface area contributed by atoms with Gasteiger partial charge in [0.15, 0.2) is 0 Å². The number of fused-ring (bicyclic) bond motifs is 1. The number of benzene rings is 1. The SMILES string of the molecule is O=C(NCC(c1ccco1)N1CCSCC1)c1cc2ccccc2s1. The number of thiophene rings is 1. The summed E-state index contributed by atoms with van der Waals surface area (Å²) in [5.74, 6) is 3.16. The van der Waals surface area contributed by atoms with Gasteiger partial charge < -0.3 is 9.73 Å². The van der Waals surface area contributed by atoms with E-state index >= 15 is 0 Å². The normalized spacial score (nSPS) is 16.8. The van der Waals surface area contributed by atoms with Gasteiger partial charge in [-0.1, -0.05) is 18.2 Å². The van der Waals surface area contributed by atoms with Gasteiger partial charge in [-0.25, -0.2) is 0 Å². The number of amides is 1. The third-order valence-corrected chi connectivity index (χ3v) is 6.52. The van der Waals surface area contributed by atoms with Gasteiger partial charge in [-0.15, -0.1) is 11.3 Å². The molecule has 0 saturated carbocycles. The van der Waals surface area contributed by atoms with E-state index in [1.165, 1.54) is 11.3 Å². The second-order valence-corrected chi connectivity index (χ2v) is 8.35. The Kier molecular flexibility index (Phi) is 5.10. The summed E-state index contributed by atoms with van der Waals surface area (Å²) < 4.78 is 6.78. The van der Waals surface area contributed by atoms with E-state index in [2.05, 4.69) is 10.2 Å². The number of carbonyl (C=O) groups excluding carboxylic acids is 1. The van der Waals surface area contributed by atoms with E-state index in [0.717, 1.165) is 45.3 Å². The summed E-state index contributed by atoms with van der Waals surface area (Å²) >= 11 is 3.52. The first-order chi connectivity index (χ1) is 12.3. The lowest BCUT2D eigenvalue weighted by Crippen LogP contribution is -2.41. The molecule has 3 heterocycles. The van der Waals surface area contributed by atoms with Crippen LogP contribution in [0.4, 0.5) is 0 Å². The molecular weight excluding hydrogens is 352 g/mol. The largest absolute Gasteiger partial charge is 0.468 e. The molecule has 6 heteroatoms. The first-order valence-electron chi connectivity index (χ1n) is 8.43. The van der Waals surface area contributed by atoms with Crippen molar-refractivity contribution in [2.45, 2.75) is 6.04 Å². The molecule has 0 bridgehead atoms. The number of hydrogen-bond acceptors (Lipinski definition) is 5. The van der Waals surface area contributed by atoms with Crippen LogP contribution in [0.15, 0.2) is 53.1 Å². The third kappa shape index (κ3) is 3.76. The first kappa shape index (κ1) is 16.7. The van der Waals surface area contributed by atoms with E-state index in [1.54, 1.807) is 6.26 Å². The van der Waals surface area contributed by atoms with Crippen molar-refractivity contribution in [3.63, 3.8) is 0 Å². The molecule has 1 atom stereocenters. The highest BCUT2D eigenvalue weighted by atomic mass is 32.2. The molecule has 1 unspecified atom stereocenters. The van der Waals surface area contributed by atoms with Gasteiger partial charge in [0.25, 0.3) is 5.91 Å². The second kappa shape index (κ2) is 7.64. The molecule has 1 fully saturated rings. The Morgan fingerprint density at radius 1 is 1.20 bits per heavy atom. The number of thioether (sulfide) groups is 1. The molecule has 4 rings (SSSR count). The van der Waals surface area contributed by atoms with Gasteiger partial charge in [-0.3, -0.25) is 9.69 Å². The van der Waals surface area contributed by atoms with Crippen LogP contribution in [0.2, 0.25) is 0 Å². The zero-order chi connectivity index (χ0) is 17.1. The van der Waals surface area contributed by atoms with Crippen LogP contribution in [0.25, 0.3) is 10.1 Å². The molecule has 25 heavy (non-hydrogen) atoms. The Labute approximate surface area is 155 Å². The number of nitrogens with zero attached hydrogens (tertiary/aromatic N) is 1. The minimum absolute atomic E-state index is 0.0101. The Morgan fingerprint density at radius 3 is 2.80 bits per heavy atom. The zero-order valence-electron chi connectivity index (χ0n) is 13.8. The number of furan rings is 1. The van der Waals surface area contributed by atoms with E-state index in [0.29, 0.717) is 6.54 Å². The molecule has 0 aliphatic carbocycles.